The summed E-state index contributed by atoms with van der Waals surface area (Å²) in [5.41, 5.74) is 0. The average molecular weight is 256 g/mol. The first-order valence-corrected chi connectivity index (χ1v) is 7.22. The van der Waals surface area contributed by atoms with Crippen molar-refractivity contribution in [2.45, 2.75) is 31.6 Å². The van der Waals surface area contributed by atoms with Crippen molar-refractivity contribution < 1.29 is 9.59 Å². The number of amides is 2. The second-order valence-electron chi connectivity index (χ2n) is 5.11. The number of thioether (sulfide) groups is 1. The normalized spacial score (nSPS) is 29.1. The van der Waals surface area contributed by atoms with Crippen molar-refractivity contribution in [2.75, 3.05) is 25.4 Å². The Morgan fingerprint density at radius 1 is 1.41 bits per heavy atom. The van der Waals surface area contributed by atoms with Crippen LogP contribution >= 0.6 is 11.8 Å². The Labute approximate surface area is 107 Å². The van der Waals surface area contributed by atoms with Gasteiger partial charge in [0.2, 0.25) is 12.3 Å². The zero-order valence-electron chi connectivity index (χ0n) is 10.5. The Balaban J connectivity index is 2.11. The summed E-state index contributed by atoms with van der Waals surface area (Å²) in [6.45, 7) is 6.23. The molecule has 2 amide bonds. The van der Waals surface area contributed by atoms with E-state index >= 15 is 0 Å². The molecule has 2 fully saturated rings. The topological polar surface area (TPSA) is 40.6 Å². The maximum Gasteiger partial charge on any atom is 0.225 e. The van der Waals surface area contributed by atoms with Crippen LogP contribution in [-0.2, 0) is 9.59 Å². The lowest BCUT2D eigenvalue weighted by Gasteiger charge is -2.44. The summed E-state index contributed by atoms with van der Waals surface area (Å²) in [7, 11) is 0. The molecule has 2 aliphatic heterocycles. The van der Waals surface area contributed by atoms with E-state index in [0.717, 1.165) is 38.1 Å². The molecule has 2 aliphatic rings. The van der Waals surface area contributed by atoms with Gasteiger partial charge in [0.1, 0.15) is 4.87 Å². The highest BCUT2D eigenvalue weighted by Crippen LogP contribution is 2.41. The number of nitrogens with zero attached hydrogens (tertiary/aromatic N) is 2. The lowest BCUT2D eigenvalue weighted by molar-refractivity contribution is -0.138. The van der Waals surface area contributed by atoms with Gasteiger partial charge in [-0.3, -0.25) is 9.59 Å². The lowest BCUT2D eigenvalue weighted by atomic mass is 10.0. The standard InChI is InChI=1S/C12H20N2O2S/c1-10(2)11(16)13-5-3-4-12(8-13)14(9-15)6-7-17-12/h9-10H,3-8H2,1-2H3. The van der Waals surface area contributed by atoms with Crippen LogP contribution in [0.1, 0.15) is 26.7 Å². The molecule has 0 bridgehead atoms. The van der Waals surface area contributed by atoms with Gasteiger partial charge in [-0.15, -0.1) is 11.8 Å². The minimum absolute atomic E-state index is 0.0428. The molecule has 1 unspecified atom stereocenters. The summed E-state index contributed by atoms with van der Waals surface area (Å²) in [6.07, 6.45) is 2.96. The number of carbonyl (C=O) groups excluding carboxylic acids is 2. The Morgan fingerprint density at radius 2 is 2.18 bits per heavy atom. The van der Waals surface area contributed by atoms with E-state index in [2.05, 4.69) is 0 Å². The summed E-state index contributed by atoms with van der Waals surface area (Å²) >= 11 is 1.83. The van der Waals surface area contributed by atoms with Gasteiger partial charge in [0.25, 0.3) is 0 Å². The zero-order valence-corrected chi connectivity index (χ0v) is 11.3. The van der Waals surface area contributed by atoms with Crippen molar-refractivity contribution in [3.8, 4) is 0 Å². The third-order valence-corrected chi connectivity index (χ3v) is 5.08. The quantitative estimate of drug-likeness (QED) is 0.696. The third-order valence-electron chi connectivity index (χ3n) is 3.59. The van der Waals surface area contributed by atoms with E-state index in [-0.39, 0.29) is 16.7 Å². The summed E-state index contributed by atoms with van der Waals surface area (Å²) < 4.78 is 0. The zero-order chi connectivity index (χ0) is 12.5. The van der Waals surface area contributed by atoms with Crippen LogP contribution in [0.5, 0.6) is 0 Å². The molecule has 0 saturated carbocycles. The molecule has 0 N–H and O–H groups in total. The van der Waals surface area contributed by atoms with Crippen molar-refractivity contribution in [3.05, 3.63) is 0 Å². The highest BCUT2D eigenvalue weighted by atomic mass is 32.2. The highest BCUT2D eigenvalue weighted by molar-refractivity contribution is 8.00. The van der Waals surface area contributed by atoms with Gasteiger partial charge in [0.15, 0.2) is 0 Å². The highest BCUT2D eigenvalue weighted by Gasteiger charge is 2.45. The van der Waals surface area contributed by atoms with Gasteiger partial charge in [0.05, 0.1) is 6.54 Å². The first-order valence-electron chi connectivity index (χ1n) is 6.24. The molecule has 2 saturated heterocycles. The van der Waals surface area contributed by atoms with E-state index in [9.17, 15) is 9.59 Å². The first kappa shape index (κ1) is 12.7. The van der Waals surface area contributed by atoms with Crippen LogP contribution in [0, 0.1) is 5.92 Å². The van der Waals surface area contributed by atoms with Crippen LogP contribution in [-0.4, -0.2) is 52.4 Å². The Bertz CT molecular complexity index is 322. The molecule has 0 aliphatic carbocycles. The van der Waals surface area contributed by atoms with Crippen LogP contribution < -0.4 is 0 Å². The number of hydrogen-bond acceptors (Lipinski definition) is 3. The molecule has 4 nitrogen and oxygen atoms in total. The molecular weight excluding hydrogens is 236 g/mol. The van der Waals surface area contributed by atoms with Crippen molar-refractivity contribution in [3.63, 3.8) is 0 Å². The van der Waals surface area contributed by atoms with E-state index in [1.807, 2.05) is 35.4 Å². The Morgan fingerprint density at radius 3 is 2.82 bits per heavy atom. The van der Waals surface area contributed by atoms with Gasteiger partial charge in [0, 0.05) is 24.8 Å². The van der Waals surface area contributed by atoms with Gasteiger partial charge in [-0.1, -0.05) is 13.8 Å². The van der Waals surface area contributed by atoms with Crippen LogP contribution in [0.4, 0.5) is 0 Å². The molecule has 2 rings (SSSR count). The van der Waals surface area contributed by atoms with Crippen LogP contribution in [0.2, 0.25) is 0 Å². The molecule has 5 heteroatoms. The average Bonchev–Trinajstić information content (AvgIpc) is 2.70. The minimum Gasteiger partial charge on any atom is -0.339 e. The molecule has 0 aromatic rings. The SMILES string of the molecule is CC(C)C(=O)N1CCCC2(C1)SCCN2C=O. The van der Waals surface area contributed by atoms with Crippen molar-refractivity contribution in [1.29, 1.82) is 0 Å². The number of rotatable bonds is 2. The van der Waals surface area contributed by atoms with Crippen molar-refractivity contribution in [1.82, 2.24) is 9.80 Å². The van der Waals surface area contributed by atoms with Crippen LogP contribution in [0.25, 0.3) is 0 Å². The summed E-state index contributed by atoms with van der Waals surface area (Å²) in [6, 6.07) is 0. The molecule has 17 heavy (non-hydrogen) atoms. The largest absolute Gasteiger partial charge is 0.339 e. The maximum absolute atomic E-state index is 12.0. The van der Waals surface area contributed by atoms with Crippen molar-refractivity contribution >= 4 is 24.1 Å². The summed E-state index contributed by atoms with van der Waals surface area (Å²) in [5, 5.41) is 0. The smallest absolute Gasteiger partial charge is 0.225 e. The molecule has 1 spiro atoms. The van der Waals surface area contributed by atoms with Gasteiger partial charge in [-0.05, 0) is 12.8 Å². The van der Waals surface area contributed by atoms with E-state index in [1.54, 1.807) is 0 Å². The molecule has 2 heterocycles. The summed E-state index contributed by atoms with van der Waals surface area (Å²) in [5.74, 6) is 1.24. The van der Waals surface area contributed by atoms with Gasteiger partial charge < -0.3 is 9.80 Å². The number of hydrogen-bond donors (Lipinski definition) is 0. The van der Waals surface area contributed by atoms with E-state index in [4.69, 9.17) is 0 Å². The van der Waals surface area contributed by atoms with E-state index in [1.165, 1.54) is 0 Å². The van der Waals surface area contributed by atoms with Crippen LogP contribution in [0.15, 0.2) is 0 Å². The fourth-order valence-electron chi connectivity index (χ4n) is 2.68. The number of likely N-dealkylation sites (tertiary alicyclic amines) is 1. The second-order valence-corrected chi connectivity index (χ2v) is 6.57. The third kappa shape index (κ3) is 2.30. The molecule has 1 atom stereocenters. The Hall–Kier alpha value is -0.710. The Kier molecular flexibility index (Phi) is 3.66. The fourth-order valence-corrected chi connectivity index (χ4v) is 4.18. The maximum atomic E-state index is 12.0. The molecular formula is C12H20N2O2S. The second kappa shape index (κ2) is 4.88. The molecule has 96 valence electrons. The molecule has 0 aromatic carbocycles. The van der Waals surface area contributed by atoms with Crippen molar-refractivity contribution in [2.24, 2.45) is 5.92 Å². The summed E-state index contributed by atoms with van der Waals surface area (Å²) in [4.78, 5) is 26.8. The minimum atomic E-state index is -0.134. The molecule has 0 radical (unpaired) electrons. The number of carbonyl (C=O) groups is 2. The van der Waals surface area contributed by atoms with Gasteiger partial charge >= 0.3 is 0 Å². The monoisotopic (exact) mass is 256 g/mol. The first-order chi connectivity index (χ1) is 8.09. The van der Waals surface area contributed by atoms with Gasteiger partial charge in [-0.2, -0.15) is 0 Å². The van der Waals surface area contributed by atoms with Gasteiger partial charge in [-0.25, -0.2) is 0 Å². The number of piperidine rings is 1. The molecule has 0 aromatic heterocycles. The van der Waals surface area contributed by atoms with E-state index in [0.29, 0.717) is 6.54 Å². The van der Waals surface area contributed by atoms with Crippen LogP contribution in [0.3, 0.4) is 0 Å². The predicted molar refractivity (Wildman–Crippen MR) is 68.6 cm³/mol. The fraction of sp³-hybridized carbons (Fsp3) is 0.833. The predicted octanol–water partition coefficient (Wildman–Crippen LogP) is 1.17. The van der Waals surface area contributed by atoms with E-state index < -0.39 is 0 Å². The lowest BCUT2D eigenvalue weighted by Crippen LogP contribution is -2.55.